The van der Waals surface area contributed by atoms with Crippen molar-refractivity contribution in [3.8, 4) is 0 Å². The number of hydrogen-bond acceptors (Lipinski definition) is 3. The Balaban J connectivity index is 3.11. The third-order valence-corrected chi connectivity index (χ3v) is 3.91. The van der Waals surface area contributed by atoms with Crippen LogP contribution < -0.4 is 0 Å². The Hall–Kier alpha value is -1.00. The summed E-state index contributed by atoms with van der Waals surface area (Å²) in [4.78, 5) is 11.4. The highest BCUT2D eigenvalue weighted by Gasteiger charge is 2.36. The highest BCUT2D eigenvalue weighted by atomic mass is 32.2. The first-order valence-electron chi connectivity index (χ1n) is 5.06. The van der Waals surface area contributed by atoms with Gasteiger partial charge in [-0.15, -0.1) is 11.8 Å². The summed E-state index contributed by atoms with van der Waals surface area (Å²) in [5.74, 6) is -0.461. The molecule has 1 rings (SSSR count). The molecule has 1 aromatic carbocycles. The Labute approximate surface area is 99.5 Å². The maximum Gasteiger partial charge on any atom is 0.324 e. The van der Waals surface area contributed by atoms with Crippen LogP contribution in [0, 0.1) is 6.92 Å². The minimum absolute atomic E-state index is 0.0145. The van der Waals surface area contributed by atoms with Gasteiger partial charge in [0.15, 0.2) is 0 Å². The molecule has 0 aliphatic carbocycles. The molecule has 3 nitrogen and oxygen atoms in total. The van der Waals surface area contributed by atoms with Crippen LogP contribution in [0.15, 0.2) is 24.3 Å². The first kappa shape index (κ1) is 13.1. The van der Waals surface area contributed by atoms with Crippen LogP contribution >= 0.6 is 11.8 Å². The highest BCUT2D eigenvalue weighted by Crippen LogP contribution is 2.37. The van der Waals surface area contributed by atoms with Crippen LogP contribution in [-0.2, 0) is 9.54 Å². The molecule has 0 spiro atoms. The number of thioether (sulfide) groups is 1. The van der Waals surface area contributed by atoms with Crippen molar-refractivity contribution < 1.29 is 15.0 Å². The number of aliphatic carboxylic acids is 1. The van der Waals surface area contributed by atoms with E-state index in [-0.39, 0.29) is 6.61 Å². The summed E-state index contributed by atoms with van der Waals surface area (Å²) in [6, 6.07) is 7.45. The zero-order chi connectivity index (χ0) is 12.2. The third-order valence-electron chi connectivity index (χ3n) is 2.55. The molecular weight excluding hydrogens is 224 g/mol. The van der Waals surface area contributed by atoms with Crippen molar-refractivity contribution in [1.29, 1.82) is 0 Å². The molecule has 4 heteroatoms. The van der Waals surface area contributed by atoms with Crippen molar-refractivity contribution in [3.63, 3.8) is 0 Å². The molecule has 0 saturated carbocycles. The number of aliphatic hydroxyl groups excluding tert-OH is 1. The Morgan fingerprint density at radius 2 is 2.06 bits per heavy atom. The molecule has 1 aromatic rings. The van der Waals surface area contributed by atoms with Gasteiger partial charge in [-0.25, -0.2) is 0 Å². The van der Waals surface area contributed by atoms with Crippen LogP contribution in [-0.4, -0.2) is 28.5 Å². The predicted molar refractivity (Wildman–Crippen MR) is 65.7 cm³/mol. The Bertz CT molecular complexity index is 378. The van der Waals surface area contributed by atoms with E-state index in [4.69, 9.17) is 5.11 Å². The first-order valence-corrected chi connectivity index (χ1v) is 6.05. The molecule has 0 bridgehead atoms. The van der Waals surface area contributed by atoms with E-state index < -0.39 is 10.7 Å². The minimum Gasteiger partial charge on any atom is -0.480 e. The lowest BCUT2D eigenvalue weighted by Crippen LogP contribution is -2.30. The number of benzene rings is 1. The normalized spacial score (nSPS) is 14.4. The van der Waals surface area contributed by atoms with E-state index in [0.29, 0.717) is 5.75 Å². The van der Waals surface area contributed by atoms with E-state index in [2.05, 4.69) is 0 Å². The molecular formula is C12H16O3S. The van der Waals surface area contributed by atoms with Crippen molar-refractivity contribution in [2.75, 3.05) is 12.4 Å². The van der Waals surface area contributed by atoms with Gasteiger partial charge < -0.3 is 10.2 Å². The Kier molecular flexibility index (Phi) is 4.38. The number of carboxylic acids is 1. The van der Waals surface area contributed by atoms with E-state index >= 15 is 0 Å². The fraction of sp³-hybridized carbons (Fsp3) is 0.417. The van der Waals surface area contributed by atoms with Gasteiger partial charge in [-0.05, 0) is 25.0 Å². The van der Waals surface area contributed by atoms with Crippen LogP contribution in [0.3, 0.4) is 0 Å². The van der Waals surface area contributed by atoms with Crippen LogP contribution in [0.2, 0.25) is 0 Å². The number of aliphatic hydroxyl groups is 1. The van der Waals surface area contributed by atoms with Crippen molar-refractivity contribution in [1.82, 2.24) is 0 Å². The van der Waals surface area contributed by atoms with E-state index in [1.165, 1.54) is 11.8 Å². The molecule has 2 N–H and O–H groups in total. The summed E-state index contributed by atoms with van der Waals surface area (Å²) in [5.41, 5.74) is 1.75. The molecule has 0 amide bonds. The van der Waals surface area contributed by atoms with E-state index in [9.17, 15) is 9.90 Å². The van der Waals surface area contributed by atoms with Gasteiger partial charge in [-0.3, -0.25) is 4.79 Å². The lowest BCUT2D eigenvalue weighted by atomic mass is 9.96. The molecule has 0 aliphatic heterocycles. The van der Waals surface area contributed by atoms with E-state index in [0.717, 1.165) is 11.1 Å². The van der Waals surface area contributed by atoms with Crippen molar-refractivity contribution >= 4 is 17.7 Å². The van der Waals surface area contributed by atoms with Gasteiger partial charge in [0, 0.05) is 5.75 Å². The molecule has 0 heterocycles. The van der Waals surface area contributed by atoms with Crippen LogP contribution in [0.1, 0.15) is 18.1 Å². The fourth-order valence-electron chi connectivity index (χ4n) is 1.61. The zero-order valence-electron chi connectivity index (χ0n) is 9.43. The van der Waals surface area contributed by atoms with Gasteiger partial charge >= 0.3 is 5.97 Å². The van der Waals surface area contributed by atoms with E-state index in [1.807, 2.05) is 31.2 Å². The fourth-order valence-corrected chi connectivity index (χ4v) is 2.62. The molecule has 0 aliphatic rings. The maximum atomic E-state index is 11.4. The number of carbonyl (C=O) groups is 1. The monoisotopic (exact) mass is 240 g/mol. The second kappa shape index (κ2) is 5.37. The SMILES string of the molecule is Cc1ccccc1C(C)(SCCO)C(=O)O. The molecule has 1 atom stereocenters. The molecule has 0 radical (unpaired) electrons. The van der Waals surface area contributed by atoms with Crippen LogP contribution in [0.25, 0.3) is 0 Å². The van der Waals surface area contributed by atoms with Crippen LogP contribution in [0.4, 0.5) is 0 Å². The Morgan fingerprint density at radius 3 is 2.56 bits per heavy atom. The highest BCUT2D eigenvalue weighted by molar-refractivity contribution is 8.00. The van der Waals surface area contributed by atoms with Gasteiger partial charge in [0.25, 0.3) is 0 Å². The summed E-state index contributed by atoms with van der Waals surface area (Å²) in [5, 5.41) is 18.1. The van der Waals surface area contributed by atoms with Crippen LogP contribution in [0.5, 0.6) is 0 Å². The Morgan fingerprint density at radius 1 is 1.44 bits per heavy atom. The standard InChI is InChI=1S/C12H16O3S/c1-9-5-3-4-6-10(9)12(2,11(14)15)16-8-7-13/h3-6,13H,7-8H2,1-2H3,(H,14,15). The molecule has 16 heavy (non-hydrogen) atoms. The molecule has 0 aromatic heterocycles. The smallest absolute Gasteiger partial charge is 0.324 e. The average molecular weight is 240 g/mol. The van der Waals surface area contributed by atoms with Crippen molar-refractivity contribution in [2.45, 2.75) is 18.6 Å². The lowest BCUT2D eigenvalue weighted by Gasteiger charge is -2.26. The van der Waals surface area contributed by atoms with Crippen molar-refractivity contribution in [3.05, 3.63) is 35.4 Å². The number of rotatable bonds is 5. The summed E-state index contributed by atoms with van der Waals surface area (Å²) >= 11 is 1.25. The first-order chi connectivity index (χ1) is 7.52. The van der Waals surface area contributed by atoms with Crippen molar-refractivity contribution in [2.24, 2.45) is 0 Å². The number of hydrogen-bond donors (Lipinski definition) is 2. The summed E-state index contributed by atoms with van der Waals surface area (Å²) in [7, 11) is 0. The minimum atomic E-state index is -0.992. The summed E-state index contributed by atoms with van der Waals surface area (Å²) < 4.78 is -0.992. The van der Waals surface area contributed by atoms with Gasteiger partial charge in [0.05, 0.1) is 6.61 Å². The third kappa shape index (κ3) is 2.57. The zero-order valence-corrected chi connectivity index (χ0v) is 10.3. The maximum absolute atomic E-state index is 11.4. The quantitative estimate of drug-likeness (QED) is 0.826. The van der Waals surface area contributed by atoms with Gasteiger partial charge in [0.2, 0.25) is 0 Å². The summed E-state index contributed by atoms with van der Waals surface area (Å²) in [6.45, 7) is 3.56. The number of carboxylic acid groups (broad SMARTS) is 1. The molecule has 1 unspecified atom stereocenters. The van der Waals surface area contributed by atoms with Gasteiger partial charge in [-0.2, -0.15) is 0 Å². The van der Waals surface area contributed by atoms with E-state index in [1.54, 1.807) is 6.92 Å². The second-order valence-corrected chi connectivity index (χ2v) is 5.24. The average Bonchev–Trinajstić information content (AvgIpc) is 2.26. The van der Waals surface area contributed by atoms with Gasteiger partial charge in [0.1, 0.15) is 4.75 Å². The topological polar surface area (TPSA) is 57.5 Å². The number of aryl methyl sites for hydroxylation is 1. The molecule has 0 fully saturated rings. The molecule has 88 valence electrons. The lowest BCUT2D eigenvalue weighted by molar-refractivity contribution is -0.139. The predicted octanol–water partition coefficient (Wildman–Crippen LogP) is 2.02. The largest absolute Gasteiger partial charge is 0.480 e. The van der Waals surface area contributed by atoms with Gasteiger partial charge in [-0.1, -0.05) is 24.3 Å². The summed E-state index contributed by atoms with van der Waals surface area (Å²) in [6.07, 6.45) is 0. The molecule has 0 saturated heterocycles. The second-order valence-electron chi connectivity index (χ2n) is 3.73.